The van der Waals surface area contributed by atoms with E-state index in [0.717, 1.165) is 31.5 Å². The number of amides is 2. The Labute approximate surface area is 176 Å². The van der Waals surface area contributed by atoms with E-state index in [9.17, 15) is 9.59 Å². The maximum absolute atomic E-state index is 12.6. The largest absolute Gasteiger partial charge is 0.454 e. The van der Waals surface area contributed by atoms with Crippen LogP contribution in [0.15, 0.2) is 48.5 Å². The summed E-state index contributed by atoms with van der Waals surface area (Å²) in [6, 6.07) is 15.4. The first-order valence-corrected chi connectivity index (χ1v) is 10.5. The Morgan fingerprint density at radius 2 is 1.80 bits per heavy atom. The second-order valence-corrected chi connectivity index (χ2v) is 7.96. The molecular formula is C23H28N3O4+. The van der Waals surface area contributed by atoms with Gasteiger partial charge in [0, 0.05) is 30.5 Å². The molecular weight excluding hydrogens is 382 g/mol. The zero-order valence-electron chi connectivity index (χ0n) is 17.1. The van der Waals surface area contributed by atoms with Gasteiger partial charge < -0.3 is 25.0 Å². The fraction of sp³-hybridized carbons (Fsp3) is 0.391. The standard InChI is InChI=1S/C23H27N3O4/c1-16(17-5-3-2-4-6-17)24-22(27)14-26-11-9-18(10-12-26)23(28)25-19-7-8-20-21(13-19)30-15-29-20/h2-8,13,16,18H,9-12,14-15H2,1H3,(H,24,27)(H,25,28)/p+1/t16-/m1/s1. The molecule has 158 valence electrons. The number of nitrogens with one attached hydrogen (secondary N) is 3. The fourth-order valence-corrected chi connectivity index (χ4v) is 4.03. The van der Waals surface area contributed by atoms with Crippen molar-refractivity contribution in [2.45, 2.75) is 25.8 Å². The Kier molecular flexibility index (Phi) is 6.18. The van der Waals surface area contributed by atoms with Crippen LogP contribution in [0.2, 0.25) is 0 Å². The number of carbonyl (C=O) groups excluding carboxylic acids is 2. The number of quaternary nitrogens is 1. The van der Waals surface area contributed by atoms with Gasteiger partial charge in [-0.1, -0.05) is 30.3 Å². The lowest BCUT2D eigenvalue weighted by Gasteiger charge is -2.28. The van der Waals surface area contributed by atoms with Gasteiger partial charge in [0.25, 0.3) is 5.91 Å². The molecule has 2 aromatic rings. The smallest absolute Gasteiger partial charge is 0.275 e. The highest BCUT2D eigenvalue weighted by atomic mass is 16.7. The number of ether oxygens (including phenoxy) is 2. The van der Waals surface area contributed by atoms with Crippen LogP contribution in [0.3, 0.4) is 0 Å². The van der Waals surface area contributed by atoms with Gasteiger partial charge in [-0.05, 0) is 24.6 Å². The van der Waals surface area contributed by atoms with Crippen LogP contribution in [0.4, 0.5) is 5.69 Å². The van der Waals surface area contributed by atoms with Crippen LogP contribution < -0.4 is 25.0 Å². The summed E-state index contributed by atoms with van der Waals surface area (Å²) in [6.07, 6.45) is 1.54. The first kappa shape index (κ1) is 20.2. The Bertz CT molecular complexity index is 895. The number of hydrogen-bond donors (Lipinski definition) is 3. The van der Waals surface area contributed by atoms with Gasteiger partial charge in [0.1, 0.15) is 0 Å². The lowest BCUT2D eigenvalue weighted by molar-refractivity contribution is -0.897. The van der Waals surface area contributed by atoms with Crippen molar-refractivity contribution in [1.82, 2.24) is 5.32 Å². The summed E-state index contributed by atoms with van der Waals surface area (Å²) in [5, 5.41) is 6.05. The third kappa shape index (κ3) is 4.91. The van der Waals surface area contributed by atoms with Crippen LogP contribution in [0.1, 0.15) is 31.4 Å². The Morgan fingerprint density at radius 3 is 2.57 bits per heavy atom. The maximum atomic E-state index is 12.6. The molecule has 4 rings (SSSR count). The van der Waals surface area contributed by atoms with Crippen LogP contribution in [0.5, 0.6) is 11.5 Å². The SMILES string of the molecule is C[C@@H](NC(=O)C[NH+]1CCC(C(=O)Nc2ccc3c(c2)OCO3)CC1)c1ccccc1. The normalized spacial score (nSPS) is 21.0. The van der Waals surface area contributed by atoms with E-state index in [1.54, 1.807) is 12.1 Å². The van der Waals surface area contributed by atoms with E-state index in [0.29, 0.717) is 23.7 Å². The molecule has 3 N–H and O–H groups in total. The summed E-state index contributed by atoms with van der Waals surface area (Å²) in [6.45, 7) is 4.27. The van der Waals surface area contributed by atoms with Crippen molar-refractivity contribution < 1.29 is 24.0 Å². The second-order valence-electron chi connectivity index (χ2n) is 7.96. The van der Waals surface area contributed by atoms with E-state index in [1.807, 2.05) is 43.3 Å². The molecule has 0 unspecified atom stereocenters. The Balaban J connectivity index is 1.21. The summed E-state index contributed by atoms with van der Waals surface area (Å²) in [5.74, 6) is 1.39. The molecule has 2 amide bonds. The molecule has 0 aliphatic carbocycles. The van der Waals surface area contributed by atoms with E-state index in [4.69, 9.17) is 9.47 Å². The van der Waals surface area contributed by atoms with Crippen LogP contribution in [0.25, 0.3) is 0 Å². The number of likely N-dealkylation sites (tertiary alicyclic amines) is 1. The predicted octanol–water partition coefficient (Wildman–Crippen LogP) is 1.53. The third-order valence-corrected chi connectivity index (χ3v) is 5.79. The number of anilines is 1. The van der Waals surface area contributed by atoms with Gasteiger partial charge in [-0.25, -0.2) is 0 Å². The van der Waals surface area contributed by atoms with E-state index >= 15 is 0 Å². The number of piperidine rings is 1. The van der Waals surface area contributed by atoms with Crippen LogP contribution in [0, 0.1) is 5.92 Å². The second kappa shape index (κ2) is 9.17. The summed E-state index contributed by atoms with van der Waals surface area (Å²) in [7, 11) is 0. The molecule has 0 radical (unpaired) electrons. The molecule has 2 aromatic carbocycles. The summed E-state index contributed by atoms with van der Waals surface area (Å²) < 4.78 is 10.7. The van der Waals surface area contributed by atoms with Gasteiger partial charge in [0.2, 0.25) is 12.7 Å². The van der Waals surface area contributed by atoms with Crippen molar-refractivity contribution >= 4 is 17.5 Å². The molecule has 0 aromatic heterocycles. The monoisotopic (exact) mass is 410 g/mol. The molecule has 30 heavy (non-hydrogen) atoms. The van der Waals surface area contributed by atoms with Crippen molar-refractivity contribution in [3.63, 3.8) is 0 Å². The van der Waals surface area contributed by atoms with Gasteiger partial charge in [0.05, 0.1) is 19.1 Å². The molecule has 7 nitrogen and oxygen atoms in total. The zero-order chi connectivity index (χ0) is 20.9. The number of carbonyl (C=O) groups is 2. The van der Waals surface area contributed by atoms with Crippen LogP contribution in [-0.2, 0) is 9.59 Å². The Hall–Kier alpha value is -3.06. The van der Waals surface area contributed by atoms with Gasteiger partial charge >= 0.3 is 0 Å². The minimum atomic E-state index is -0.0366. The van der Waals surface area contributed by atoms with Crippen LogP contribution in [-0.4, -0.2) is 38.2 Å². The van der Waals surface area contributed by atoms with Gasteiger partial charge in [-0.15, -0.1) is 0 Å². The summed E-state index contributed by atoms with van der Waals surface area (Å²) >= 11 is 0. The molecule has 1 atom stereocenters. The molecule has 2 heterocycles. The summed E-state index contributed by atoms with van der Waals surface area (Å²) in [4.78, 5) is 26.3. The van der Waals surface area contributed by atoms with E-state index in [2.05, 4.69) is 10.6 Å². The lowest BCUT2D eigenvalue weighted by atomic mass is 9.95. The molecule has 0 bridgehead atoms. The van der Waals surface area contributed by atoms with Crippen molar-refractivity contribution in [2.24, 2.45) is 5.92 Å². The lowest BCUT2D eigenvalue weighted by Crippen LogP contribution is -3.14. The first-order valence-electron chi connectivity index (χ1n) is 10.5. The molecule has 0 saturated carbocycles. The molecule has 7 heteroatoms. The molecule has 0 spiro atoms. The fourth-order valence-electron chi connectivity index (χ4n) is 4.03. The van der Waals surface area contributed by atoms with E-state index in [1.165, 1.54) is 4.90 Å². The number of benzene rings is 2. The highest BCUT2D eigenvalue weighted by Crippen LogP contribution is 2.34. The molecule has 1 saturated heterocycles. The summed E-state index contributed by atoms with van der Waals surface area (Å²) in [5.41, 5.74) is 1.81. The van der Waals surface area contributed by atoms with Crippen LogP contribution >= 0.6 is 0 Å². The van der Waals surface area contributed by atoms with Gasteiger partial charge in [0.15, 0.2) is 18.0 Å². The average molecular weight is 410 g/mol. The number of fused-ring (bicyclic) bond motifs is 1. The highest BCUT2D eigenvalue weighted by molar-refractivity contribution is 5.93. The van der Waals surface area contributed by atoms with Gasteiger partial charge in [-0.3, -0.25) is 9.59 Å². The van der Waals surface area contributed by atoms with Crippen molar-refractivity contribution in [2.75, 3.05) is 31.7 Å². The van der Waals surface area contributed by atoms with E-state index in [-0.39, 0.29) is 30.6 Å². The topological polar surface area (TPSA) is 81.1 Å². The van der Waals surface area contributed by atoms with Crippen molar-refractivity contribution in [1.29, 1.82) is 0 Å². The predicted molar refractivity (Wildman–Crippen MR) is 112 cm³/mol. The minimum absolute atomic E-state index is 0.0110. The molecule has 2 aliphatic rings. The number of hydrogen-bond acceptors (Lipinski definition) is 4. The van der Waals surface area contributed by atoms with Gasteiger partial charge in [-0.2, -0.15) is 0 Å². The van der Waals surface area contributed by atoms with E-state index < -0.39 is 0 Å². The molecule has 2 aliphatic heterocycles. The molecule has 1 fully saturated rings. The van der Waals surface area contributed by atoms with Crippen molar-refractivity contribution in [3.05, 3.63) is 54.1 Å². The van der Waals surface area contributed by atoms with Crippen molar-refractivity contribution in [3.8, 4) is 11.5 Å². The highest BCUT2D eigenvalue weighted by Gasteiger charge is 2.29. The third-order valence-electron chi connectivity index (χ3n) is 5.79. The zero-order valence-corrected chi connectivity index (χ0v) is 17.1. The minimum Gasteiger partial charge on any atom is -0.454 e. The maximum Gasteiger partial charge on any atom is 0.275 e. The quantitative estimate of drug-likeness (QED) is 0.675. The number of rotatable bonds is 6. The average Bonchev–Trinajstić information content (AvgIpc) is 3.22. The Morgan fingerprint density at radius 1 is 1.07 bits per heavy atom. The first-order chi connectivity index (χ1) is 14.6.